The molecule has 0 bridgehead atoms. The molecule has 1 amide bonds. The van der Waals surface area contributed by atoms with Gasteiger partial charge in [-0.1, -0.05) is 90.8 Å². The predicted octanol–water partition coefficient (Wildman–Crippen LogP) is 6.99. The second-order valence-electron chi connectivity index (χ2n) is 8.81. The summed E-state index contributed by atoms with van der Waals surface area (Å²) in [6.07, 6.45) is 0.798. The van der Waals surface area contributed by atoms with Gasteiger partial charge in [-0.2, -0.15) is 0 Å². The van der Waals surface area contributed by atoms with E-state index in [4.69, 9.17) is 28.3 Å². The molecule has 6 heteroatoms. The Balaban J connectivity index is 1.82. The van der Waals surface area contributed by atoms with Crippen LogP contribution < -0.4 is 5.32 Å². The van der Waals surface area contributed by atoms with Crippen molar-refractivity contribution in [1.82, 2.24) is 5.32 Å². The molecule has 0 saturated heterocycles. The number of hydrogen-bond acceptors (Lipinski definition) is 2. The lowest BCUT2D eigenvalue weighted by molar-refractivity contribution is -0.138. The average molecular weight is 498 g/mol. The molecule has 0 unspecified atom stereocenters. The molecule has 4 nitrogen and oxygen atoms in total. The Bertz CT molecular complexity index is 1120. The van der Waals surface area contributed by atoms with Crippen LogP contribution in [0.25, 0.3) is 11.1 Å². The highest BCUT2D eigenvalue weighted by atomic mass is 35.5. The number of halogens is 2. The average Bonchev–Trinajstić information content (AvgIpc) is 2.79. The van der Waals surface area contributed by atoms with Crippen LogP contribution >= 0.6 is 23.2 Å². The topological polar surface area (TPSA) is 66.4 Å². The number of carboxylic acids is 1. The molecule has 34 heavy (non-hydrogen) atoms. The number of hydrogen-bond donors (Lipinski definition) is 2. The maximum absolute atomic E-state index is 12.6. The highest BCUT2D eigenvalue weighted by Gasteiger charge is 2.23. The molecule has 178 valence electrons. The van der Waals surface area contributed by atoms with Gasteiger partial charge in [0, 0.05) is 24.8 Å². The Morgan fingerprint density at radius 1 is 0.853 bits per heavy atom. The first-order chi connectivity index (χ1) is 16.2. The van der Waals surface area contributed by atoms with Crippen LogP contribution in [0.15, 0.2) is 72.8 Å². The van der Waals surface area contributed by atoms with E-state index < -0.39 is 5.97 Å². The summed E-state index contributed by atoms with van der Waals surface area (Å²) in [5.74, 6) is -1.30. The fourth-order valence-electron chi connectivity index (χ4n) is 4.16. The van der Waals surface area contributed by atoms with E-state index in [1.807, 2.05) is 37.3 Å². The molecule has 3 aromatic rings. The standard InChI is InChI=1S/C28H29Cl2NO3/c1-18(15-28(33)34)14-27(32)31-19(2)24(16-20-8-13-25(29)26(30)17-20)23-11-9-22(10-12-23)21-6-4-3-5-7-21/h3-13,17-19,24H,14-16H2,1-2H3,(H,31,32)(H,33,34)/t18-,19+,24-/m1/s1. The number of rotatable bonds is 10. The van der Waals surface area contributed by atoms with Crippen molar-refractivity contribution in [3.05, 3.63) is 94.0 Å². The number of nitrogens with one attached hydrogen (secondary N) is 1. The van der Waals surface area contributed by atoms with Gasteiger partial charge in [0.05, 0.1) is 10.0 Å². The van der Waals surface area contributed by atoms with Crippen molar-refractivity contribution in [3.8, 4) is 11.1 Å². The summed E-state index contributed by atoms with van der Waals surface area (Å²) in [4.78, 5) is 23.6. The number of carbonyl (C=O) groups excluding carboxylic acids is 1. The number of carboxylic acid groups (broad SMARTS) is 1. The first-order valence-corrected chi connectivity index (χ1v) is 12.1. The molecule has 0 aliphatic rings. The second kappa shape index (κ2) is 12.0. The number of amides is 1. The van der Waals surface area contributed by atoms with Crippen molar-refractivity contribution < 1.29 is 14.7 Å². The van der Waals surface area contributed by atoms with Crippen molar-refractivity contribution in [2.75, 3.05) is 0 Å². The first-order valence-electron chi connectivity index (χ1n) is 11.3. The molecule has 0 saturated carbocycles. The van der Waals surface area contributed by atoms with Gasteiger partial charge in [0.15, 0.2) is 0 Å². The van der Waals surface area contributed by atoms with E-state index in [9.17, 15) is 9.59 Å². The summed E-state index contributed by atoms with van der Waals surface area (Å²) in [5.41, 5.74) is 4.38. The van der Waals surface area contributed by atoms with Gasteiger partial charge in [-0.3, -0.25) is 9.59 Å². The van der Waals surface area contributed by atoms with Gasteiger partial charge in [-0.05, 0) is 53.6 Å². The van der Waals surface area contributed by atoms with Crippen molar-refractivity contribution in [1.29, 1.82) is 0 Å². The van der Waals surface area contributed by atoms with E-state index in [1.165, 1.54) is 0 Å². The van der Waals surface area contributed by atoms with E-state index in [0.29, 0.717) is 16.5 Å². The Labute approximate surface area is 210 Å². The molecule has 3 rings (SSSR count). The van der Waals surface area contributed by atoms with Gasteiger partial charge in [-0.25, -0.2) is 0 Å². The van der Waals surface area contributed by atoms with E-state index in [1.54, 1.807) is 13.0 Å². The Morgan fingerprint density at radius 2 is 1.50 bits per heavy atom. The van der Waals surface area contributed by atoms with Gasteiger partial charge < -0.3 is 10.4 Å². The summed E-state index contributed by atoms with van der Waals surface area (Å²) >= 11 is 12.3. The van der Waals surface area contributed by atoms with Gasteiger partial charge >= 0.3 is 5.97 Å². The molecule has 0 heterocycles. The zero-order valence-corrected chi connectivity index (χ0v) is 20.8. The quantitative estimate of drug-likeness (QED) is 0.317. The lowest BCUT2D eigenvalue weighted by Gasteiger charge is -2.27. The number of carbonyl (C=O) groups is 2. The van der Waals surface area contributed by atoms with Crippen molar-refractivity contribution in [3.63, 3.8) is 0 Å². The van der Waals surface area contributed by atoms with Crippen molar-refractivity contribution in [2.45, 2.75) is 45.1 Å². The zero-order chi connectivity index (χ0) is 24.7. The monoisotopic (exact) mass is 497 g/mol. The Kier molecular flexibility index (Phi) is 9.14. The zero-order valence-electron chi connectivity index (χ0n) is 19.3. The second-order valence-corrected chi connectivity index (χ2v) is 9.62. The summed E-state index contributed by atoms with van der Waals surface area (Å²) < 4.78 is 0. The van der Waals surface area contributed by atoms with Gasteiger partial charge in [-0.15, -0.1) is 0 Å². The molecule has 2 N–H and O–H groups in total. The third-order valence-corrected chi connectivity index (χ3v) is 6.67. The molecule has 0 aromatic heterocycles. The minimum Gasteiger partial charge on any atom is -0.481 e. The molecule has 0 radical (unpaired) electrons. The lowest BCUT2D eigenvalue weighted by Crippen LogP contribution is -2.38. The maximum atomic E-state index is 12.6. The highest BCUT2D eigenvalue weighted by molar-refractivity contribution is 6.42. The van der Waals surface area contributed by atoms with Crippen LogP contribution in [0.1, 0.15) is 43.7 Å². The van der Waals surface area contributed by atoms with Crippen LogP contribution in [-0.2, 0) is 16.0 Å². The molecular weight excluding hydrogens is 469 g/mol. The predicted molar refractivity (Wildman–Crippen MR) is 138 cm³/mol. The molecule has 3 aromatic carbocycles. The maximum Gasteiger partial charge on any atom is 0.303 e. The third kappa shape index (κ3) is 7.34. The summed E-state index contributed by atoms with van der Waals surface area (Å²) in [6, 6.07) is 24.0. The Morgan fingerprint density at radius 3 is 2.12 bits per heavy atom. The smallest absolute Gasteiger partial charge is 0.303 e. The molecule has 0 aliphatic heterocycles. The third-order valence-electron chi connectivity index (χ3n) is 5.93. The van der Waals surface area contributed by atoms with E-state index in [-0.39, 0.29) is 36.6 Å². The van der Waals surface area contributed by atoms with Crippen LogP contribution in [-0.4, -0.2) is 23.0 Å². The Hall–Kier alpha value is -2.82. The van der Waals surface area contributed by atoms with E-state index in [0.717, 1.165) is 22.3 Å². The summed E-state index contributed by atoms with van der Waals surface area (Å²) in [7, 11) is 0. The van der Waals surface area contributed by atoms with Crippen LogP contribution in [0.5, 0.6) is 0 Å². The summed E-state index contributed by atoms with van der Waals surface area (Å²) in [5, 5.41) is 13.1. The largest absolute Gasteiger partial charge is 0.481 e. The van der Waals surface area contributed by atoms with Crippen molar-refractivity contribution >= 4 is 35.1 Å². The van der Waals surface area contributed by atoms with Gasteiger partial charge in [0.1, 0.15) is 0 Å². The SMILES string of the molecule is C[C@@H](CC(=O)O)CC(=O)N[C@@H](C)[C@@H](Cc1ccc(Cl)c(Cl)c1)c1ccc(-c2ccccc2)cc1. The fraction of sp³-hybridized carbons (Fsp3) is 0.286. The minimum absolute atomic E-state index is 0.0132. The van der Waals surface area contributed by atoms with Crippen LogP contribution in [0.2, 0.25) is 10.0 Å². The molecular formula is C28H29Cl2NO3. The summed E-state index contributed by atoms with van der Waals surface area (Å²) in [6.45, 7) is 3.75. The van der Waals surface area contributed by atoms with Crippen LogP contribution in [0.4, 0.5) is 0 Å². The fourth-order valence-corrected chi connectivity index (χ4v) is 4.48. The number of aliphatic carboxylic acids is 1. The lowest BCUT2D eigenvalue weighted by atomic mass is 9.85. The minimum atomic E-state index is -0.899. The molecule has 3 atom stereocenters. The van der Waals surface area contributed by atoms with Crippen LogP contribution in [0.3, 0.4) is 0 Å². The van der Waals surface area contributed by atoms with Gasteiger partial charge in [0.25, 0.3) is 0 Å². The molecule has 0 fully saturated rings. The van der Waals surface area contributed by atoms with Crippen molar-refractivity contribution in [2.24, 2.45) is 5.92 Å². The number of benzene rings is 3. The van der Waals surface area contributed by atoms with Crippen LogP contribution in [0, 0.1) is 5.92 Å². The van der Waals surface area contributed by atoms with E-state index >= 15 is 0 Å². The highest BCUT2D eigenvalue weighted by Crippen LogP contribution is 2.30. The molecule has 0 aliphatic carbocycles. The van der Waals surface area contributed by atoms with Gasteiger partial charge in [0.2, 0.25) is 5.91 Å². The normalized spacial score (nSPS) is 13.6. The molecule has 0 spiro atoms. The van der Waals surface area contributed by atoms with E-state index in [2.05, 4.69) is 41.7 Å². The first kappa shape index (κ1) is 25.8.